The standard InChI is InChI=1S/C28H34N6O4/c1-18-14-36-12-10-33(18)25-22-7-8-23(20-5-4-6-21(13-20)26(35)29-3)30-24(22)31-27(32-25)34-16-28(9-11-37-17-28)38-15-19(34)2/h4-8,13,18-19H,9-12,14-17H2,1-3H3,(H,29,35)/t18-,19-,28-/m0/s1. The number of anilines is 2. The van der Waals surface area contributed by atoms with Crippen molar-refractivity contribution in [2.75, 3.05) is 63.0 Å². The molecule has 2 aromatic heterocycles. The van der Waals surface area contributed by atoms with E-state index in [0.717, 1.165) is 35.4 Å². The minimum absolute atomic E-state index is 0.112. The molecular weight excluding hydrogens is 484 g/mol. The molecule has 1 spiro atoms. The number of benzene rings is 1. The summed E-state index contributed by atoms with van der Waals surface area (Å²) in [4.78, 5) is 31.9. The molecule has 3 aliphatic heterocycles. The number of hydrogen-bond acceptors (Lipinski definition) is 9. The maximum Gasteiger partial charge on any atom is 0.251 e. The van der Waals surface area contributed by atoms with Gasteiger partial charge >= 0.3 is 0 Å². The molecule has 0 bridgehead atoms. The van der Waals surface area contributed by atoms with Crippen LogP contribution in [0.1, 0.15) is 30.6 Å². The molecule has 1 amide bonds. The maximum absolute atomic E-state index is 12.2. The molecule has 10 heteroatoms. The van der Waals surface area contributed by atoms with Gasteiger partial charge in [0.25, 0.3) is 5.91 Å². The molecule has 6 rings (SSSR count). The predicted molar refractivity (Wildman–Crippen MR) is 145 cm³/mol. The van der Waals surface area contributed by atoms with Crippen molar-refractivity contribution in [2.45, 2.75) is 38.0 Å². The van der Waals surface area contributed by atoms with Gasteiger partial charge in [-0.25, -0.2) is 4.98 Å². The Morgan fingerprint density at radius 2 is 1.89 bits per heavy atom. The first-order valence-corrected chi connectivity index (χ1v) is 13.3. The van der Waals surface area contributed by atoms with E-state index >= 15 is 0 Å². The molecule has 0 aliphatic carbocycles. The largest absolute Gasteiger partial charge is 0.378 e. The molecule has 10 nitrogen and oxygen atoms in total. The van der Waals surface area contributed by atoms with Gasteiger partial charge in [-0.05, 0) is 38.1 Å². The van der Waals surface area contributed by atoms with E-state index < -0.39 is 0 Å². The highest BCUT2D eigenvalue weighted by Crippen LogP contribution is 2.35. The third-order valence-electron chi connectivity index (χ3n) is 7.76. The lowest BCUT2D eigenvalue weighted by Crippen LogP contribution is -2.57. The zero-order valence-electron chi connectivity index (χ0n) is 22.1. The summed E-state index contributed by atoms with van der Waals surface area (Å²) in [5.74, 6) is 1.39. The monoisotopic (exact) mass is 518 g/mol. The van der Waals surface area contributed by atoms with Gasteiger partial charge in [0.2, 0.25) is 5.95 Å². The van der Waals surface area contributed by atoms with Gasteiger partial charge in [0.1, 0.15) is 11.4 Å². The number of carbonyl (C=O) groups excluding carboxylic acids is 1. The van der Waals surface area contributed by atoms with Crippen molar-refractivity contribution in [3.05, 3.63) is 42.0 Å². The van der Waals surface area contributed by atoms with Gasteiger partial charge in [-0.2, -0.15) is 9.97 Å². The number of fused-ring (bicyclic) bond motifs is 1. The molecule has 3 saturated heterocycles. The Labute approximate surface area is 222 Å². The summed E-state index contributed by atoms with van der Waals surface area (Å²) >= 11 is 0. The fourth-order valence-corrected chi connectivity index (χ4v) is 5.49. The van der Waals surface area contributed by atoms with E-state index in [1.807, 2.05) is 30.3 Å². The van der Waals surface area contributed by atoms with Crippen LogP contribution in [0.3, 0.4) is 0 Å². The summed E-state index contributed by atoms with van der Waals surface area (Å²) in [6.07, 6.45) is 0.862. The number of aromatic nitrogens is 3. The molecule has 3 aromatic rings. The molecule has 38 heavy (non-hydrogen) atoms. The average molecular weight is 519 g/mol. The second-order valence-electron chi connectivity index (χ2n) is 10.5. The number of carbonyl (C=O) groups is 1. The van der Waals surface area contributed by atoms with Crippen LogP contribution < -0.4 is 15.1 Å². The van der Waals surface area contributed by atoms with Crippen LogP contribution in [0.2, 0.25) is 0 Å². The Balaban J connectivity index is 1.46. The summed E-state index contributed by atoms with van der Waals surface area (Å²) in [5, 5.41) is 3.58. The van der Waals surface area contributed by atoms with Crippen LogP contribution in [0.25, 0.3) is 22.3 Å². The van der Waals surface area contributed by atoms with Gasteiger partial charge in [0.05, 0.1) is 56.1 Å². The van der Waals surface area contributed by atoms with Crippen LogP contribution in [0, 0.1) is 0 Å². The zero-order chi connectivity index (χ0) is 26.3. The Kier molecular flexibility index (Phi) is 6.63. The quantitative estimate of drug-likeness (QED) is 0.558. The lowest BCUT2D eigenvalue weighted by molar-refractivity contribution is -0.0704. The Bertz CT molecular complexity index is 1340. The van der Waals surface area contributed by atoms with Crippen LogP contribution >= 0.6 is 0 Å². The van der Waals surface area contributed by atoms with E-state index in [0.29, 0.717) is 56.7 Å². The number of morpholine rings is 2. The second-order valence-corrected chi connectivity index (χ2v) is 10.5. The predicted octanol–water partition coefficient (Wildman–Crippen LogP) is 2.66. The molecule has 3 atom stereocenters. The van der Waals surface area contributed by atoms with Gasteiger partial charge in [-0.15, -0.1) is 0 Å². The average Bonchev–Trinajstić information content (AvgIpc) is 3.41. The highest BCUT2D eigenvalue weighted by molar-refractivity contribution is 5.95. The lowest BCUT2D eigenvalue weighted by Gasteiger charge is -2.43. The minimum Gasteiger partial charge on any atom is -0.378 e. The summed E-state index contributed by atoms with van der Waals surface area (Å²) < 4.78 is 17.7. The van der Waals surface area contributed by atoms with Crippen molar-refractivity contribution >= 4 is 28.7 Å². The molecule has 1 N–H and O–H groups in total. The first-order chi connectivity index (χ1) is 18.5. The molecule has 1 aromatic carbocycles. The molecule has 0 radical (unpaired) electrons. The Hall–Kier alpha value is -3.34. The van der Waals surface area contributed by atoms with Gasteiger partial charge in [0.15, 0.2) is 5.65 Å². The highest BCUT2D eigenvalue weighted by atomic mass is 16.6. The number of ether oxygens (including phenoxy) is 3. The van der Waals surface area contributed by atoms with Crippen molar-refractivity contribution in [1.29, 1.82) is 0 Å². The van der Waals surface area contributed by atoms with Crippen molar-refractivity contribution in [1.82, 2.24) is 20.3 Å². The van der Waals surface area contributed by atoms with Gasteiger partial charge < -0.3 is 29.3 Å². The number of hydrogen-bond donors (Lipinski definition) is 1. The Morgan fingerprint density at radius 1 is 1.03 bits per heavy atom. The lowest BCUT2D eigenvalue weighted by atomic mass is 9.99. The molecule has 0 unspecified atom stereocenters. The summed E-state index contributed by atoms with van der Waals surface area (Å²) in [7, 11) is 1.63. The normalized spacial score (nSPS) is 25.8. The van der Waals surface area contributed by atoms with Crippen LogP contribution in [0.5, 0.6) is 0 Å². The Morgan fingerprint density at radius 3 is 2.68 bits per heavy atom. The molecule has 3 fully saturated rings. The van der Waals surface area contributed by atoms with E-state index in [9.17, 15) is 4.79 Å². The number of pyridine rings is 1. The van der Waals surface area contributed by atoms with Crippen LogP contribution in [0.15, 0.2) is 36.4 Å². The third-order valence-corrected chi connectivity index (χ3v) is 7.76. The first kappa shape index (κ1) is 25.0. The van der Waals surface area contributed by atoms with E-state index in [2.05, 4.69) is 29.0 Å². The van der Waals surface area contributed by atoms with Gasteiger partial charge in [-0.1, -0.05) is 12.1 Å². The minimum atomic E-state index is -0.327. The van der Waals surface area contributed by atoms with Crippen molar-refractivity contribution in [3.63, 3.8) is 0 Å². The SMILES string of the molecule is CNC(=O)c1cccc(-c2ccc3c(N4CCOC[C@@H]4C)nc(N4C[C@]5(CCOC5)OC[C@@H]4C)nc3n2)c1. The molecule has 0 saturated carbocycles. The fraction of sp³-hybridized carbons (Fsp3) is 0.500. The smallest absolute Gasteiger partial charge is 0.251 e. The van der Waals surface area contributed by atoms with E-state index in [1.54, 1.807) is 13.1 Å². The fourth-order valence-electron chi connectivity index (χ4n) is 5.49. The number of rotatable bonds is 4. The van der Waals surface area contributed by atoms with Crippen molar-refractivity contribution in [3.8, 4) is 11.3 Å². The summed E-state index contributed by atoms with van der Waals surface area (Å²) in [5.41, 5.74) is 2.50. The highest BCUT2D eigenvalue weighted by Gasteiger charge is 2.43. The molecule has 200 valence electrons. The summed E-state index contributed by atoms with van der Waals surface area (Å²) in [6, 6.07) is 11.8. The number of amides is 1. The van der Waals surface area contributed by atoms with Crippen LogP contribution in [-0.2, 0) is 14.2 Å². The summed E-state index contributed by atoms with van der Waals surface area (Å²) in [6.45, 7) is 8.89. The van der Waals surface area contributed by atoms with Crippen LogP contribution in [-0.4, -0.2) is 91.7 Å². The molecule has 3 aliphatic rings. The molecular formula is C28H34N6O4. The second kappa shape index (κ2) is 10.1. The zero-order valence-corrected chi connectivity index (χ0v) is 22.1. The van der Waals surface area contributed by atoms with E-state index in [1.165, 1.54) is 0 Å². The third kappa shape index (κ3) is 4.57. The van der Waals surface area contributed by atoms with Crippen molar-refractivity contribution in [2.24, 2.45) is 0 Å². The van der Waals surface area contributed by atoms with Gasteiger partial charge in [-0.3, -0.25) is 4.79 Å². The van der Waals surface area contributed by atoms with Crippen molar-refractivity contribution < 1.29 is 19.0 Å². The maximum atomic E-state index is 12.2. The topological polar surface area (TPSA) is 102 Å². The van der Waals surface area contributed by atoms with Gasteiger partial charge in [0, 0.05) is 37.7 Å². The number of nitrogens with zero attached hydrogens (tertiary/aromatic N) is 5. The van der Waals surface area contributed by atoms with E-state index in [-0.39, 0.29) is 23.6 Å². The van der Waals surface area contributed by atoms with Crippen LogP contribution in [0.4, 0.5) is 11.8 Å². The first-order valence-electron chi connectivity index (χ1n) is 13.3. The molecule has 5 heterocycles. The number of nitrogens with one attached hydrogen (secondary N) is 1. The van der Waals surface area contributed by atoms with E-state index in [4.69, 9.17) is 29.2 Å².